The summed E-state index contributed by atoms with van der Waals surface area (Å²) in [5, 5.41) is 14.6. The molecule has 1 fully saturated rings. The molecule has 21 heavy (non-hydrogen) atoms. The summed E-state index contributed by atoms with van der Waals surface area (Å²) in [6.07, 6.45) is 2.78. The van der Waals surface area contributed by atoms with E-state index in [9.17, 15) is 19.5 Å². The molecule has 0 aromatic heterocycles. The number of hydrogen-bond donors (Lipinski definition) is 3. The van der Waals surface area contributed by atoms with Crippen molar-refractivity contribution in [1.82, 2.24) is 10.6 Å². The van der Waals surface area contributed by atoms with Crippen molar-refractivity contribution >= 4 is 17.8 Å². The molecule has 3 N–H and O–H groups in total. The first-order valence-corrected chi connectivity index (χ1v) is 7.47. The Kier molecular flexibility index (Phi) is 5.75. The Morgan fingerprint density at radius 3 is 2.10 bits per heavy atom. The van der Waals surface area contributed by atoms with Crippen LogP contribution in [-0.4, -0.2) is 34.5 Å². The number of amides is 2. The van der Waals surface area contributed by atoms with Gasteiger partial charge in [-0.15, -0.1) is 0 Å². The summed E-state index contributed by atoms with van der Waals surface area (Å²) in [5.41, 5.74) is -0.371. The summed E-state index contributed by atoms with van der Waals surface area (Å²) < 4.78 is 0. The molecule has 1 aliphatic rings. The third-order valence-electron chi connectivity index (χ3n) is 3.67. The molecule has 0 aromatic rings. The van der Waals surface area contributed by atoms with Gasteiger partial charge in [-0.25, -0.2) is 0 Å². The highest BCUT2D eigenvalue weighted by molar-refractivity contribution is 5.90. The maximum atomic E-state index is 12.2. The zero-order valence-electron chi connectivity index (χ0n) is 13.2. The molecular formula is C15H26N2O4. The summed E-state index contributed by atoms with van der Waals surface area (Å²) in [5.74, 6) is -2.71. The van der Waals surface area contributed by atoms with Crippen molar-refractivity contribution in [3.8, 4) is 0 Å². The number of carboxylic acids is 1. The van der Waals surface area contributed by atoms with Crippen molar-refractivity contribution < 1.29 is 19.5 Å². The molecule has 1 saturated carbocycles. The van der Waals surface area contributed by atoms with Gasteiger partial charge in [0.05, 0.1) is 11.8 Å². The second-order valence-electron chi connectivity index (χ2n) is 6.81. The highest BCUT2D eigenvalue weighted by atomic mass is 16.4. The Labute approximate surface area is 125 Å². The van der Waals surface area contributed by atoms with E-state index in [2.05, 4.69) is 10.6 Å². The van der Waals surface area contributed by atoms with Crippen molar-refractivity contribution in [3.05, 3.63) is 0 Å². The van der Waals surface area contributed by atoms with E-state index < -0.39 is 23.8 Å². The van der Waals surface area contributed by atoms with E-state index in [1.165, 1.54) is 0 Å². The first-order chi connectivity index (χ1) is 9.61. The average Bonchev–Trinajstić information content (AvgIpc) is 2.36. The summed E-state index contributed by atoms with van der Waals surface area (Å²) in [6.45, 7) is 7.20. The Morgan fingerprint density at radius 1 is 1.10 bits per heavy atom. The lowest BCUT2D eigenvalue weighted by Crippen LogP contribution is -2.52. The van der Waals surface area contributed by atoms with E-state index in [1.807, 2.05) is 20.8 Å². The lowest BCUT2D eigenvalue weighted by atomic mass is 9.78. The summed E-state index contributed by atoms with van der Waals surface area (Å²) in [6, 6.07) is -0.673. The Hall–Kier alpha value is -1.59. The molecule has 0 heterocycles. The normalized spacial score (nSPS) is 24.0. The second kappa shape index (κ2) is 6.91. The molecule has 0 spiro atoms. The number of aliphatic carboxylic acids is 1. The molecule has 1 rings (SSSR count). The predicted molar refractivity (Wildman–Crippen MR) is 78.6 cm³/mol. The minimum absolute atomic E-state index is 0.265. The lowest BCUT2D eigenvalue weighted by Gasteiger charge is -2.29. The van der Waals surface area contributed by atoms with Gasteiger partial charge in [0, 0.05) is 5.54 Å². The van der Waals surface area contributed by atoms with Crippen molar-refractivity contribution in [2.45, 2.75) is 65.0 Å². The van der Waals surface area contributed by atoms with E-state index in [0.717, 1.165) is 12.8 Å². The second-order valence-corrected chi connectivity index (χ2v) is 6.81. The Balaban J connectivity index is 2.62. The molecule has 0 saturated heterocycles. The lowest BCUT2D eigenvalue weighted by molar-refractivity contribution is -0.149. The largest absolute Gasteiger partial charge is 0.481 e. The number of carboxylic acid groups (broad SMARTS) is 1. The van der Waals surface area contributed by atoms with Gasteiger partial charge in [-0.1, -0.05) is 12.8 Å². The summed E-state index contributed by atoms with van der Waals surface area (Å²) >= 11 is 0. The van der Waals surface area contributed by atoms with E-state index in [1.54, 1.807) is 6.92 Å². The number of carbonyl (C=O) groups excluding carboxylic acids is 2. The highest BCUT2D eigenvalue weighted by Crippen LogP contribution is 2.30. The van der Waals surface area contributed by atoms with Gasteiger partial charge in [0.25, 0.3) is 0 Å². The number of nitrogens with one attached hydrogen (secondary N) is 2. The molecule has 0 aromatic carbocycles. The molecule has 6 heteroatoms. The average molecular weight is 298 g/mol. The van der Waals surface area contributed by atoms with Gasteiger partial charge in [-0.05, 0) is 40.5 Å². The monoisotopic (exact) mass is 298 g/mol. The predicted octanol–water partition coefficient (Wildman–Crippen LogP) is 1.30. The van der Waals surface area contributed by atoms with Crippen LogP contribution in [0.2, 0.25) is 0 Å². The zero-order chi connectivity index (χ0) is 16.2. The quantitative estimate of drug-likeness (QED) is 0.729. The molecular weight excluding hydrogens is 272 g/mol. The number of rotatable bonds is 4. The van der Waals surface area contributed by atoms with E-state index >= 15 is 0 Å². The molecule has 120 valence electrons. The maximum Gasteiger partial charge on any atom is 0.307 e. The summed E-state index contributed by atoms with van der Waals surface area (Å²) in [4.78, 5) is 35.4. The topological polar surface area (TPSA) is 95.5 Å². The van der Waals surface area contributed by atoms with Crippen molar-refractivity contribution in [2.75, 3.05) is 0 Å². The molecule has 2 amide bonds. The smallest absolute Gasteiger partial charge is 0.307 e. The van der Waals surface area contributed by atoms with Gasteiger partial charge in [0.2, 0.25) is 11.8 Å². The van der Waals surface area contributed by atoms with Gasteiger partial charge in [0.15, 0.2) is 0 Å². The van der Waals surface area contributed by atoms with Crippen LogP contribution in [-0.2, 0) is 14.4 Å². The van der Waals surface area contributed by atoms with Crippen molar-refractivity contribution in [2.24, 2.45) is 11.8 Å². The van der Waals surface area contributed by atoms with Crippen LogP contribution in [0.4, 0.5) is 0 Å². The van der Waals surface area contributed by atoms with E-state index in [-0.39, 0.29) is 17.4 Å². The van der Waals surface area contributed by atoms with Crippen LogP contribution in [0.1, 0.15) is 53.4 Å². The molecule has 1 unspecified atom stereocenters. The third kappa shape index (κ3) is 5.36. The van der Waals surface area contributed by atoms with Gasteiger partial charge < -0.3 is 15.7 Å². The first-order valence-electron chi connectivity index (χ1n) is 7.47. The third-order valence-corrected chi connectivity index (χ3v) is 3.67. The SMILES string of the molecule is CC(NC(=O)[C@@H]1CCCC[C@@H]1C(=O)O)C(=O)NC(C)(C)C. The molecule has 1 aliphatic carbocycles. The standard InChI is InChI=1S/C15H26N2O4/c1-9(12(18)17-15(2,3)4)16-13(19)10-7-5-6-8-11(10)14(20)21/h9-11H,5-8H2,1-4H3,(H,16,19)(H,17,18)(H,20,21)/t9?,10-,11+/m1/s1. The minimum Gasteiger partial charge on any atom is -0.481 e. The zero-order valence-corrected chi connectivity index (χ0v) is 13.2. The number of hydrogen-bond acceptors (Lipinski definition) is 3. The van der Waals surface area contributed by atoms with Crippen LogP contribution < -0.4 is 10.6 Å². The minimum atomic E-state index is -0.929. The fourth-order valence-electron chi connectivity index (χ4n) is 2.60. The van der Waals surface area contributed by atoms with Gasteiger partial charge in [0.1, 0.15) is 6.04 Å². The fourth-order valence-corrected chi connectivity index (χ4v) is 2.60. The summed E-state index contributed by atoms with van der Waals surface area (Å²) in [7, 11) is 0. The fraction of sp³-hybridized carbons (Fsp3) is 0.800. The van der Waals surface area contributed by atoms with Gasteiger partial charge in [-0.3, -0.25) is 14.4 Å². The van der Waals surface area contributed by atoms with Crippen LogP contribution in [0.25, 0.3) is 0 Å². The van der Waals surface area contributed by atoms with E-state index in [4.69, 9.17) is 0 Å². The van der Waals surface area contributed by atoms with Crippen molar-refractivity contribution in [1.29, 1.82) is 0 Å². The molecule has 0 bridgehead atoms. The van der Waals surface area contributed by atoms with Crippen LogP contribution >= 0.6 is 0 Å². The van der Waals surface area contributed by atoms with Crippen molar-refractivity contribution in [3.63, 3.8) is 0 Å². The number of carbonyl (C=O) groups is 3. The first kappa shape index (κ1) is 17.5. The maximum absolute atomic E-state index is 12.2. The van der Waals surface area contributed by atoms with Crippen LogP contribution in [0.15, 0.2) is 0 Å². The molecule has 0 aliphatic heterocycles. The Morgan fingerprint density at radius 2 is 1.62 bits per heavy atom. The van der Waals surface area contributed by atoms with Gasteiger partial charge >= 0.3 is 5.97 Å². The molecule has 0 radical (unpaired) electrons. The van der Waals surface area contributed by atoms with Crippen LogP contribution in [0.3, 0.4) is 0 Å². The Bertz CT molecular complexity index is 414. The highest BCUT2D eigenvalue weighted by Gasteiger charge is 2.36. The molecule has 6 nitrogen and oxygen atoms in total. The molecule has 3 atom stereocenters. The van der Waals surface area contributed by atoms with Gasteiger partial charge in [-0.2, -0.15) is 0 Å². The van der Waals surface area contributed by atoms with E-state index in [0.29, 0.717) is 12.8 Å². The van der Waals surface area contributed by atoms with Crippen LogP contribution in [0.5, 0.6) is 0 Å². The van der Waals surface area contributed by atoms with Crippen LogP contribution in [0, 0.1) is 11.8 Å².